The number of benzene rings is 2. The second-order valence-electron chi connectivity index (χ2n) is 7.62. The van der Waals surface area contributed by atoms with E-state index in [1.807, 2.05) is 49.4 Å². The lowest BCUT2D eigenvalue weighted by molar-refractivity contribution is 0.267. The van der Waals surface area contributed by atoms with Gasteiger partial charge in [-0.2, -0.15) is 0 Å². The van der Waals surface area contributed by atoms with Crippen LogP contribution in [0.2, 0.25) is 0 Å². The number of hydrogen-bond donors (Lipinski definition) is 1. The minimum Gasteiger partial charge on any atom is -0.493 e. The Morgan fingerprint density at radius 1 is 1.21 bits per heavy atom. The maximum absolute atomic E-state index is 12.3. The lowest BCUT2D eigenvalue weighted by Crippen LogP contribution is -2.35. The molecule has 3 aromatic rings. The molecule has 1 aliphatic heterocycles. The summed E-state index contributed by atoms with van der Waals surface area (Å²) in [7, 11) is 0. The Balaban J connectivity index is 1.43. The van der Waals surface area contributed by atoms with Gasteiger partial charge < -0.3 is 14.5 Å². The third kappa shape index (κ3) is 4.63. The molecule has 2 heterocycles. The van der Waals surface area contributed by atoms with Crippen LogP contribution in [0, 0.1) is 13.0 Å². The van der Waals surface area contributed by atoms with Crippen molar-refractivity contribution in [3.8, 4) is 5.75 Å². The first-order chi connectivity index (χ1) is 13.7. The summed E-state index contributed by atoms with van der Waals surface area (Å²) < 4.78 is 11.4. The Hall–Kier alpha value is -2.59. The van der Waals surface area contributed by atoms with Crippen LogP contribution in [-0.2, 0) is 6.42 Å². The number of rotatable bonds is 6. The zero-order valence-electron chi connectivity index (χ0n) is 16.3. The van der Waals surface area contributed by atoms with E-state index < -0.39 is 0 Å². The number of fused-ring (bicyclic) bond motifs is 1. The van der Waals surface area contributed by atoms with Crippen molar-refractivity contribution in [2.24, 2.45) is 0 Å². The summed E-state index contributed by atoms with van der Waals surface area (Å²) in [6.45, 7) is 3.82. The summed E-state index contributed by atoms with van der Waals surface area (Å²) in [5.74, 6) is 0.731. The quantitative estimate of drug-likeness (QED) is 0.648. The lowest BCUT2D eigenvalue weighted by atomic mass is 10.0. The van der Waals surface area contributed by atoms with Crippen molar-refractivity contribution in [2.75, 3.05) is 13.2 Å². The largest absolute Gasteiger partial charge is 0.493 e. The summed E-state index contributed by atoms with van der Waals surface area (Å²) in [4.78, 5) is 12.3. The molecule has 145 valence electrons. The van der Waals surface area contributed by atoms with Crippen molar-refractivity contribution in [3.63, 3.8) is 0 Å². The van der Waals surface area contributed by atoms with E-state index >= 15 is 0 Å². The van der Waals surface area contributed by atoms with Gasteiger partial charge in [0.05, 0.1) is 6.61 Å². The number of piperidine rings is 1. The van der Waals surface area contributed by atoms with Crippen molar-refractivity contribution in [1.29, 1.82) is 0 Å². The molecule has 1 saturated heterocycles. The minimum absolute atomic E-state index is 0.282. The fourth-order valence-electron chi connectivity index (χ4n) is 3.79. The molecule has 0 amide bonds. The molecule has 4 nitrogen and oxygen atoms in total. The smallest absolute Gasteiger partial charge is 0.339 e. The van der Waals surface area contributed by atoms with Crippen LogP contribution in [0.1, 0.15) is 42.4 Å². The Morgan fingerprint density at radius 2 is 2.14 bits per heavy atom. The van der Waals surface area contributed by atoms with Gasteiger partial charge in [0.15, 0.2) is 0 Å². The average Bonchev–Trinajstić information content (AvgIpc) is 2.70. The monoisotopic (exact) mass is 376 g/mol. The summed E-state index contributed by atoms with van der Waals surface area (Å²) in [5.41, 5.74) is 3.16. The fraction of sp³-hybridized carbons (Fsp3) is 0.375. The van der Waals surface area contributed by atoms with Gasteiger partial charge in [0, 0.05) is 29.5 Å². The van der Waals surface area contributed by atoms with E-state index in [0.717, 1.165) is 35.2 Å². The van der Waals surface area contributed by atoms with Gasteiger partial charge in [-0.15, -0.1) is 0 Å². The molecule has 28 heavy (non-hydrogen) atoms. The van der Waals surface area contributed by atoms with E-state index in [1.165, 1.54) is 19.3 Å². The molecule has 1 fully saturated rings. The third-order valence-corrected chi connectivity index (χ3v) is 5.33. The van der Waals surface area contributed by atoms with Gasteiger partial charge in [0.25, 0.3) is 0 Å². The predicted octanol–water partition coefficient (Wildman–Crippen LogP) is 4.40. The molecule has 4 rings (SSSR count). The fourth-order valence-corrected chi connectivity index (χ4v) is 3.79. The van der Waals surface area contributed by atoms with Crippen molar-refractivity contribution < 1.29 is 9.15 Å². The zero-order chi connectivity index (χ0) is 19.3. The average molecular weight is 376 g/mol. The van der Waals surface area contributed by atoms with Crippen molar-refractivity contribution in [1.82, 2.24) is 5.32 Å². The molecule has 1 aromatic heterocycles. The van der Waals surface area contributed by atoms with Gasteiger partial charge in [-0.05, 0) is 62.6 Å². The molecule has 1 radical (unpaired) electrons. The van der Waals surface area contributed by atoms with E-state index in [1.54, 1.807) is 0 Å². The highest BCUT2D eigenvalue weighted by Crippen LogP contribution is 2.19. The number of nitrogens with one attached hydrogen (secondary N) is 1. The first kappa shape index (κ1) is 18.8. The highest BCUT2D eigenvalue weighted by atomic mass is 16.5. The number of aryl methyl sites for hydroxylation is 1. The predicted molar refractivity (Wildman–Crippen MR) is 111 cm³/mol. The highest BCUT2D eigenvalue weighted by Gasteiger charge is 2.12. The van der Waals surface area contributed by atoms with Crippen LogP contribution in [0.5, 0.6) is 5.75 Å². The van der Waals surface area contributed by atoms with E-state index in [-0.39, 0.29) is 5.63 Å². The van der Waals surface area contributed by atoms with Gasteiger partial charge in [0.1, 0.15) is 11.3 Å². The highest BCUT2D eigenvalue weighted by molar-refractivity contribution is 5.77. The summed E-state index contributed by atoms with van der Waals surface area (Å²) in [6, 6.07) is 17.3. The molecular formula is C24H26NO3. The van der Waals surface area contributed by atoms with Crippen LogP contribution in [0.4, 0.5) is 0 Å². The second kappa shape index (κ2) is 8.61. The topological polar surface area (TPSA) is 51.5 Å². The molecule has 1 aliphatic rings. The third-order valence-electron chi connectivity index (χ3n) is 5.33. The molecule has 0 bridgehead atoms. The Morgan fingerprint density at radius 3 is 3.00 bits per heavy atom. The zero-order valence-corrected chi connectivity index (χ0v) is 16.3. The Kier molecular flexibility index (Phi) is 5.77. The van der Waals surface area contributed by atoms with E-state index in [9.17, 15) is 4.79 Å². The summed E-state index contributed by atoms with van der Waals surface area (Å²) in [5, 5.41) is 4.49. The van der Waals surface area contributed by atoms with Gasteiger partial charge in [-0.3, -0.25) is 0 Å². The molecule has 1 N–H and O–H groups in total. The van der Waals surface area contributed by atoms with E-state index in [0.29, 0.717) is 30.2 Å². The van der Waals surface area contributed by atoms with Crippen LogP contribution in [0.25, 0.3) is 11.0 Å². The molecule has 0 spiro atoms. The molecule has 1 atom stereocenters. The first-order valence-corrected chi connectivity index (χ1v) is 10.1. The standard InChI is InChI=1S/C24H26NO3/c1-17-8-9-23-19(13-17)16-20(24(26)28-23)14-18-5-4-7-22(15-18)27-12-10-21-6-2-3-11-25-21/h4-5,8-9,13,15-16,21,25H,2-3,6,10-12,14H2,1H3. The van der Waals surface area contributed by atoms with Crippen LogP contribution in [0.15, 0.2) is 51.7 Å². The maximum Gasteiger partial charge on any atom is 0.339 e. The molecular weight excluding hydrogens is 350 g/mol. The molecule has 4 heteroatoms. The lowest BCUT2D eigenvalue weighted by Gasteiger charge is -2.23. The molecule has 0 aliphatic carbocycles. The molecule has 1 unspecified atom stereocenters. The van der Waals surface area contributed by atoms with Gasteiger partial charge in [-0.25, -0.2) is 4.79 Å². The summed E-state index contributed by atoms with van der Waals surface area (Å²) >= 11 is 0. The SMILES string of the molecule is Cc1ccc2oc(=O)c(Cc3cc[c]c(OCCC4CCCCN4)c3)cc2c1. The van der Waals surface area contributed by atoms with Crippen molar-refractivity contribution in [2.45, 2.75) is 45.1 Å². The van der Waals surface area contributed by atoms with E-state index in [2.05, 4.69) is 11.4 Å². The van der Waals surface area contributed by atoms with Crippen molar-refractivity contribution >= 4 is 11.0 Å². The van der Waals surface area contributed by atoms with Gasteiger partial charge in [-0.1, -0.05) is 30.2 Å². The number of hydrogen-bond acceptors (Lipinski definition) is 4. The van der Waals surface area contributed by atoms with Crippen LogP contribution >= 0.6 is 0 Å². The Bertz CT molecular complexity index is 1000. The minimum atomic E-state index is -0.282. The van der Waals surface area contributed by atoms with Crippen molar-refractivity contribution in [3.05, 3.63) is 75.6 Å². The van der Waals surface area contributed by atoms with Crippen LogP contribution < -0.4 is 15.7 Å². The van der Waals surface area contributed by atoms with Gasteiger partial charge in [0.2, 0.25) is 0 Å². The first-order valence-electron chi connectivity index (χ1n) is 10.1. The maximum atomic E-state index is 12.3. The Labute approximate surface area is 165 Å². The van der Waals surface area contributed by atoms with Crippen LogP contribution in [-0.4, -0.2) is 19.2 Å². The second-order valence-corrected chi connectivity index (χ2v) is 7.62. The molecule has 0 saturated carbocycles. The summed E-state index contributed by atoms with van der Waals surface area (Å²) in [6.07, 6.45) is 5.32. The molecule has 2 aromatic carbocycles. The van der Waals surface area contributed by atoms with E-state index in [4.69, 9.17) is 9.15 Å². The normalized spacial score (nSPS) is 17.0. The van der Waals surface area contributed by atoms with Crippen LogP contribution in [0.3, 0.4) is 0 Å². The van der Waals surface area contributed by atoms with Gasteiger partial charge >= 0.3 is 5.63 Å². The number of ether oxygens (including phenoxy) is 1.